The van der Waals surface area contributed by atoms with Gasteiger partial charge in [-0.2, -0.15) is 5.26 Å². The van der Waals surface area contributed by atoms with Crippen molar-refractivity contribution in [3.63, 3.8) is 0 Å². The Hall–Kier alpha value is -1.24. The van der Waals surface area contributed by atoms with E-state index in [4.69, 9.17) is 21.6 Å². The van der Waals surface area contributed by atoms with Crippen LogP contribution in [0.25, 0.3) is 0 Å². The van der Waals surface area contributed by atoms with Crippen molar-refractivity contribution in [3.05, 3.63) is 28.8 Å². The Morgan fingerprint density at radius 1 is 1.53 bits per heavy atom. The Morgan fingerprint density at radius 2 is 2.33 bits per heavy atom. The van der Waals surface area contributed by atoms with E-state index >= 15 is 0 Å². The second kappa shape index (κ2) is 6.28. The molecule has 0 unspecified atom stereocenters. The summed E-state index contributed by atoms with van der Waals surface area (Å²) in [5.41, 5.74) is 1.40. The van der Waals surface area contributed by atoms with Crippen molar-refractivity contribution in [2.75, 3.05) is 25.6 Å². The number of nitrogens with zero attached hydrogens (tertiary/aromatic N) is 1. The van der Waals surface area contributed by atoms with Crippen molar-refractivity contribution in [2.24, 2.45) is 0 Å². The van der Waals surface area contributed by atoms with E-state index in [2.05, 4.69) is 11.4 Å². The van der Waals surface area contributed by atoms with Crippen LogP contribution < -0.4 is 5.32 Å². The minimum atomic E-state index is 0.605. The molecule has 0 bridgehead atoms. The van der Waals surface area contributed by atoms with Gasteiger partial charge in [-0.1, -0.05) is 11.6 Å². The third kappa shape index (κ3) is 3.78. The van der Waals surface area contributed by atoms with Crippen LogP contribution in [0.1, 0.15) is 12.0 Å². The number of halogens is 1. The molecule has 0 aromatic heterocycles. The van der Waals surface area contributed by atoms with Crippen molar-refractivity contribution in [2.45, 2.75) is 6.42 Å². The van der Waals surface area contributed by atoms with Gasteiger partial charge in [0.1, 0.15) is 0 Å². The first-order valence-electron chi connectivity index (χ1n) is 4.70. The topological polar surface area (TPSA) is 45.0 Å². The lowest BCUT2D eigenvalue weighted by atomic mass is 10.2. The Labute approximate surface area is 94.6 Å². The third-order valence-corrected chi connectivity index (χ3v) is 2.27. The van der Waals surface area contributed by atoms with Crippen molar-refractivity contribution < 1.29 is 4.74 Å². The molecule has 0 heterocycles. The van der Waals surface area contributed by atoms with Gasteiger partial charge in [-0.25, -0.2) is 0 Å². The SMILES string of the molecule is COCCCNc1cc(C#N)ccc1Cl. The van der Waals surface area contributed by atoms with E-state index in [1.54, 1.807) is 25.3 Å². The molecule has 1 aromatic rings. The average Bonchev–Trinajstić information content (AvgIpc) is 2.26. The Morgan fingerprint density at radius 3 is 3.00 bits per heavy atom. The van der Waals surface area contributed by atoms with Crippen molar-refractivity contribution >= 4 is 17.3 Å². The largest absolute Gasteiger partial charge is 0.385 e. The second-order valence-corrected chi connectivity index (χ2v) is 3.49. The summed E-state index contributed by atoms with van der Waals surface area (Å²) in [5.74, 6) is 0. The van der Waals surface area contributed by atoms with Crippen LogP contribution >= 0.6 is 11.6 Å². The maximum atomic E-state index is 8.72. The Bertz CT molecular complexity index is 360. The number of ether oxygens (including phenoxy) is 1. The predicted molar refractivity (Wildman–Crippen MR) is 61.1 cm³/mol. The number of anilines is 1. The third-order valence-electron chi connectivity index (χ3n) is 1.94. The zero-order chi connectivity index (χ0) is 11.1. The highest BCUT2D eigenvalue weighted by Gasteiger charge is 2.00. The molecular formula is C11H13ClN2O. The van der Waals surface area contributed by atoms with Gasteiger partial charge < -0.3 is 10.1 Å². The number of hydrogen-bond donors (Lipinski definition) is 1. The first-order chi connectivity index (χ1) is 7.27. The van der Waals surface area contributed by atoms with E-state index in [1.165, 1.54) is 0 Å². The smallest absolute Gasteiger partial charge is 0.0992 e. The molecule has 0 aliphatic rings. The summed E-state index contributed by atoms with van der Waals surface area (Å²) in [6, 6.07) is 7.24. The molecule has 0 aliphatic heterocycles. The van der Waals surface area contributed by atoms with Gasteiger partial charge in [0.05, 0.1) is 22.3 Å². The molecule has 0 aliphatic carbocycles. The number of nitrogens with one attached hydrogen (secondary N) is 1. The van der Waals surface area contributed by atoms with Crippen LogP contribution in [-0.4, -0.2) is 20.3 Å². The van der Waals surface area contributed by atoms with E-state index < -0.39 is 0 Å². The van der Waals surface area contributed by atoms with Crippen LogP contribution in [0.3, 0.4) is 0 Å². The summed E-state index contributed by atoms with van der Waals surface area (Å²) >= 11 is 5.96. The van der Waals surface area contributed by atoms with Gasteiger partial charge in [0.15, 0.2) is 0 Å². The van der Waals surface area contributed by atoms with Gasteiger partial charge in [-0.3, -0.25) is 0 Å². The number of rotatable bonds is 5. The summed E-state index contributed by atoms with van der Waals surface area (Å²) < 4.78 is 4.93. The number of methoxy groups -OCH3 is 1. The van der Waals surface area contributed by atoms with Crippen molar-refractivity contribution in [1.82, 2.24) is 0 Å². The van der Waals surface area contributed by atoms with E-state index in [1.807, 2.05) is 0 Å². The fraction of sp³-hybridized carbons (Fsp3) is 0.364. The highest BCUT2D eigenvalue weighted by Crippen LogP contribution is 2.22. The zero-order valence-electron chi connectivity index (χ0n) is 8.59. The van der Waals surface area contributed by atoms with Gasteiger partial charge in [-0.15, -0.1) is 0 Å². The predicted octanol–water partition coefficient (Wildman–Crippen LogP) is 2.66. The molecular weight excluding hydrogens is 212 g/mol. The highest BCUT2D eigenvalue weighted by atomic mass is 35.5. The molecule has 0 saturated heterocycles. The summed E-state index contributed by atoms with van der Waals surface area (Å²) in [4.78, 5) is 0. The van der Waals surface area contributed by atoms with Gasteiger partial charge in [-0.05, 0) is 24.6 Å². The molecule has 4 heteroatoms. The Balaban J connectivity index is 2.56. The van der Waals surface area contributed by atoms with Gasteiger partial charge >= 0.3 is 0 Å². The molecule has 15 heavy (non-hydrogen) atoms. The maximum Gasteiger partial charge on any atom is 0.0992 e. The van der Waals surface area contributed by atoms with E-state index in [9.17, 15) is 0 Å². The second-order valence-electron chi connectivity index (χ2n) is 3.08. The summed E-state index contributed by atoms with van der Waals surface area (Å²) in [5, 5.41) is 12.5. The molecule has 1 N–H and O–H groups in total. The number of hydrogen-bond acceptors (Lipinski definition) is 3. The summed E-state index contributed by atoms with van der Waals surface area (Å²) in [6.45, 7) is 1.49. The molecule has 1 aromatic carbocycles. The number of nitriles is 1. The quantitative estimate of drug-likeness (QED) is 0.783. The average molecular weight is 225 g/mol. The molecule has 0 amide bonds. The van der Waals surface area contributed by atoms with E-state index in [-0.39, 0.29) is 0 Å². The standard InChI is InChI=1S/C11H13ClN2O/c1-15-6-2-5-14-11-7-9(8-13)3-4-10(11)12/h3-4,7,14H,2,5-6H2,1H3. The fourth-order valence-corrected chi connectivity index (χ4v) is 1.35. The summed E-state index contributed by atoms with van der Waals surface area (Å²) in [6.07, 6.45) is 0.906. The van der Waals surface area contributed by atoms with Crippen LogP contribution in [0.15, 0.2) is 18.2 Å². The molecule has 0 spiro atoms. The Kier molecular flexibility index (Phi) is 4.96. The van der Waals surface area contributed by atoms with Crippen LogP contribution in [0.2, 0.25) is 5.02 Å². The van der Waals surface area contributed by atoms with E-state index in [0.29, 0.717) is 17.2 Å². The molecule has 0 atom stereocenters. The summed E-state index contributed by atoms with van der Waals surface area (Å²) in [7, 11) is 1.67. The van der Waals surface area contributed by atoms with Crippen molar-refractivity contribution in [1.29, 1.82) is 5.26 Å². The molecule has 0 fully saturated rings. The molecule has 1 rings (SSSR count). The van der Waals surface area contributed by atoms with Crippen LogP contribution in [0.4, 0.5) is 5.69 Å². The molecule has 80 valence electrons. The highest BCUT2D eigenvalue weighted by molar-refractivity contribution is 6.33. The van der Waals surface area contributed by atoms with Crippen LogP contribution in [0, 0.1) is 11.3 Å². The lowest BCUT2D eigenvalue weighted by Gasteiger charge is -2.07. The van der Waals surface area contributed by atoms with Crippen LogP contribution in [-0.2, 0) is 4.74 Å². The minimum absolute atomic E-state index is 0.605. The van der Waals surface area contributed by atoms with Gasteiger partial charge in [0.25, 0.3) is 0 Å². The fourth-order valence-electron chi connectivity index (χ4n) is 1.17. The van der Waals surface area contributed by atoms with Crippen molar-refractivity contribution in [3.8, 4) is 6.07 Å². The monoisotopic (exact) mass is 224 g/mol. The zero-order valence-corrected chi connectivity index (χ0v) is 9.34. The normalized spacial score (nSPS) is 9.67. The van der Waals surface area contributed by atoms with Gasteiger partial charge in [0.2, 0.25) is 0 Å². The van der Waals surface area contributed by atoms with E-state index in [0.717, 1.165) is 18.7 Å². The minimum Gasteiger partial charge on any atom is -0.385 e. The maximum absolute atomic E-state index is 8.72. The van der Waals surface area contributed by atoms with Crippen LogP contribution in [0.5, 0.6) is 0 Å². The lowest BCUT2D eigenvalue weighted by molar-refractivity contribution is 0.198. The molecule has 0 saturated carbocycles. The first kappa shape index (κ1) is 11.8. The van der Waals surface area contributed by atoms with Gasteiger partial charge in [0, 0.05) is 20.3 Å². The molecule has 0 radical (unpaired) electrons. The lowest BCUT2D eigenvalue weighted by Crippen LogP contribution is -2.05. The number of benzene rings is 1. The first-order valence-corrected chi connectivity index (χ1v) is 5.08. The molecule has 3 nitrogen and oxygen atoms in total.